The molecule has 0 aliphatic rings. The predicted octanol–water partition coefficient (Wildman–Crippen LogP) is 2.28. The Morgan fingerprint density at radius 3 is 2.52 bits per heavy atom. The molecule has 1 amide bonds. The van der Waals surface area contributed by atoms with Gasteiger partial charge in [-0.3, -0.25) is 14.2 Å². The van der Waals surface area contributed by atoms with Gasteiger partial charge >= 0.3 is 5.69 Å². The number of hydrogen-bond acceptors (Lipinski definition) is 3. The van der Waals surface area contributed by atoms with Crippen molar-refractivity contribution in [1.29, 1.82) is 0 Å². The van der Waals surface area contributed by atoms with Crippen molar-refractivity contribution in [1.82, 2.24) is 14.5 Å². The lowest BCUT2D eigenvalue weighted by atomic mass is 10.1. The monoisotopic (exact) mass is 381 g/mol. The molecule has 1 unspecified atom stereocenters. The maximum absolute atomic E-state index is 12.1. The van der Waals surface area contributed by atoms with Gasteiger partial charge in [-0.05, 0) is 30.7 Å². The van der Waals surface area contributed by atoms with Crippen LogP contribution in [0.1, 0.15) is 24.1 Å². The number of nitrogens with zero attached hydrogens (tertiary/aromatic N) is 2. The van der Waals surface area contributed by atoms with Crippen molar-refractivity contribution in [3.05, 3.63) is 72.5 Å². The second-order valence-corrected chi connectivity index (χ2v) is 6.39. The summed E-state index contributed by atoms with van der Waals surface area (Å²) in [5, 5.41) is 3.61. The number of aromatic nitrogens is 2. The van der Waals surface area contributed by atoms with Gasteiger partial charge in [-0.15, -0.1) is 0 Å². The van der Waals surface area contributed by atoms with Crippen LogP contribution in [0.25, 0.3) is 6.08 Å². The summed E-state index contributed by atoms with van der Waals surface area (Å²) in [6, 6.07) is 4.81. The van der Waals surface area contributed by atoms with E-state index in [4.69, 9.17) is 23.2 Å². The minimum atomic E-state index is -0.468. The van der Waals surface area contributed by atoms with Gasteiger partial charge in [-0.25, -0.2) is 4.79 Å². The van der Waals surface area contributed by atoms with Crippen LogP contribution >= 0.6 is 23.2 Å². The minimum absolute atomic E-state index is 0.238. The fourth-order valence-corrected chi connectivity index (χ4v) is 2.55. The van der Waals surface area contributed by atoms with Crippen molar-refractivity contribution in [3.63, 3.8) is 0 Å². The maximum atomic E-state index is 12.1. The first-order valence-electron chi connectivity index (χ1n) is 7.41. The number of halogens is 2. The second kappa shape index (κ2) is 7.72. The summed E-state index contributed by atoms with van der Waals surface area (Å²) < 4.78 is 2.26. The summed E-state index contributed by atoms with van der Waals surface area (Å²) in [5.41, 5.74) is 0.139. The molecule has 1 aromatic heterocycles. The van der Waals surface area contributed by atoms with E-state index < -0.39 is 11.2 Å². The molecule has 1 N–H and O–H groups in total. The molecule has 0 aliphatic heterocycles. The van der Waals surface area contributed by atoms with Gasteiger partial charge in [0, 0.05) is 26.4 Å². The van der Waals surface area contributed by atoms with Crippen LogP contribution in [-0.4, -0.2) is 15.0 Å². The molecule has 2 aromatic rings. The van der Waals surface area contributed by atoms with Gasteiger partial charge in [-0.2, -0.15) is 0 Å². The van der Waals surface area contributed by atoms with Gasteiger partial charge in [0.1, 0.15) is 0 Å². The van der Waals surface area contributed by atoms with E-state index in [-0.39, 0.29) is 17.5 Å². The third kappa shape index (κ3) is 4.41. The Labute approximate surface area is 154 Å². The van der Waals surface area contributed by atoms with E-state index in [1.54, 1.807) is 25.1 Å². The first-order valence-corrected chi connectivity index (χ1v) is 8.16. The summed E-state index contributed by atoms with van der Waals surface area (Å²) in [6.45, 7) is 1.80. The first kappa shape index (κ1) is 19.0. The van der Waals surface area contributed by atoms with Crippen LogP contribution in [0.5, 0.6) is 0 Å². The van der Waals surface area contributed by atoms with Crippen molar-refractivity contribution in [3.8, 4) is 0 Å². The molecule has 0 saturated heterocycles. The maximum Gasteiger partial charge on any atom is 0.330 e. The molecular weight excluding hydrogens is 365 g/mol. The van der Waals surface area contributed by atoms with Crippen molar-refractivity contribution in [2.24, 2.45) is 14.1 Å². The molecule has 6 nitrogen and oxygen atoms in total. The minimum Gasteiger partial charge on any atom is -0.346 e. The molecule has 132 valence electrons. The summed E-state index contributed by atoms with van der Waals surface area (Å²) in [7, 11) is 2.92. The molecule has 0 aliphatic carbocycles. The van der Waals surface area contributed by atoms with Gasteiger partial charge in [0.05, 0.1) is 21.7 Å². The van der Waals surface area contributed by atoms with E-state index in [2.05, 4.69) is 5.32 Å². The Morgan fingerprint density at radius 1 is 1.20 bits per heavy atom. The fourth-order valence-electron chi connectivity index (χ4n) is 2.24. The quantitative estimate of drug-likeness (QED) is 0.825. The molecule has 1 aromatic carbocycles. The average Bonchev–Trinajstić information content (AvgIpc) is 2.57. The highest BCUT2D eigenvalue weighted by atomic mass is 35.5. The van der Waals surface area contributed by atoms with Crippen LogP contribution in [0.2, 0.25) is 10.0 Å². The van der Waals surface area contributed by atoms with Crippen LogP contribution < -0.4 is 16.6 Å². The number of carbonyl (C=O) groups is 1. The van der Waals surface area contributed by atoms with Crippen molar-refractivity contribution in [2.75, 3.05) is 0 Å². The van der Waals surface area contributed by atoms with E-state index in [0.29, 0.717) is 10.0 Å². The fraction of sp³-hybridized carbons (Fsp3) is 0.235. The zero-order valence-electron chi connectivity index (χ0n) is 13.9. The number of amides is 1. The van der Waals surface area contributed by atoms with Crippen molar-refractivity contribution >= 4 is 35.2 Å². The number of carbonyl (C=O) groups excluding carboxylic acids is 1. The standard InChI is InChI=1S/C17H17Cl2N3O3/c1-10(11-4-6-13(18)14(19)8-11)20-15(23)7-5-12-9-21(2)17(25)22(3)16(12)24/h4-10H,1-3H3,(H,20,23)/b7-5+. The Hall–Kier alpha value is -2.31. The number of rotatable bonds is 4. The number of nitrogens with one attached hydrogen (secondary N) is 1. The SMILES string of the molecule is CC(NC(=O)/C=C/c1cn(C)c(=O)n(C)c1=O)c1ccc(Cl)c(Cl)c1. The molecule has 8 heteroatoms. The Balaban J connectivity index is 2.14. The molecule has 1 atom stereocenters. The molecule has 0 radical (unpaired) electrons. The summed E-state index contributed by atoms with van der Waals surface area (Å²) in [5.74, 6) is -0.380. The Morgan fingerprint density at radius 2 is 1.88 bits per heavy atom. The van der Waals surface area contributed by atoms with E-state index in [0.717, 1.165) is 10.1 Å². The highest BCUT2D eigenvalue weighted by Crippen LogP contribution is 2.25. The van der Waals surface area contributed by atoms with E-state index in [1.165, 1.54) is 37.0 Å². The molecule has 0 saturated carbocycles. The second-order valence-electron chi connectivity index (χ2n) is 5.58. The number of hydrogen-bond donors (Lipinski definition) is 1. The van der Waals surface area contributed by atoms with Gasteiger partial charge in [-0.1, -0.05) is 29.3 Å². The molecule has 2 rings (SSSR count). The van der Waals surface area contributed by atoms with Gasteiger partial charge in [0.15, 0.2) is 0 Å². The van der Waals surface area contributed by atoms with Crippen LogP contribution in [0.15, 0.2) is 40.1 Å². The average molecular weight is 382 g/mol. The highest BCUT2D eigenvalue weighted by molar-refractivity contribution is 6.42. The molecule has 0 fully saturated rings. The third-order valence-electron chi connectivity index (χ3n) is 3.69. The molecular formula is C17H17Cl2N3O3. The lowest BCUT2D eigenvalue weighted by Gasteiger charge is -2.13. The predicted molar refractivity (Wildman–Crippen MR) is 99.0 cm³/mol. The summed E-state index contributed by atoms with van der Waals surface area (Å²) in [6.07, 6.45) is 4.00. The van der Waals surface area contributed by atoms with Crippen molar-refractivity contribution < 1.29 is 4.79 Å². The number of aryl methyl sites for hydroxylation is 1. The normalized spacial score (nSPS) is 12.4. The largest absolute Gasteiger partial charge is 0.346 e. The lowest BCUT2D eigenvalue weighted by molar-refractivity contribution is -0.117. The van der Waals surface area contributed by atoms with Crippen molar-refractivity contribution in [2.45, 2.75) is 13.0 Å². The number of benzene rings is 1. The molecule has 0 spiro atoms. The Kier molecular flexibility index (Phi) is 5.87. The first-order chi connectivity index (χ1) is 11.7. The van der Waals surface area contributed by atoms with Crippen LogP contribution in [0.4, 0.5) is 0 Å². The van der Waals surface area contributed by atoms with E-state index in [1.807, 2.05) is 0 Å². The molecule has 1 heterocycles. The zero-order chi connectivity index (χ0) is 18.7. The summed E-state index contributed by atoms with van der Waals surface area (Å²) in [4.78, 5) is 35.7. The van der Waals surface area contributed by atoms with Crippen LogP contribution in [0, 0.1) is 0 Å². The van der Waals surface area contributed by atoms with Gasteiger partial charge < -0.3 is 9.88 Å². The smallest absolute Gasteiger partial charge is 0.330 e. The topological polar surface area (TPSA) is 73.1 Å². The molecule has 25 heavy (non-hydrogen) atoms. The van der Waals surface area contributed by atoms with Gasteiger partial charge in [0.2, 0.25) is 5.91 Å². The Bertz CT molecular complexity index is 961. The van der Waals surface area contributed by atoms with Gasteiger partial charge in [0.25, 0.3) is 5.56 Å². The lowest BCUT2D eigenvalue weighted by Crippen LogP contribution is -2.37. The third-order valence-corrected chi connectivity index (χ3v) is 4.43. The molecule has 0 bridgehead atoms. The highest BCUT2D eigenvalue weighted by Gasteiger charge is 2.10. The summed E-state index contributed by atoms with van der Waals surface area (Å²) >= 11 is 11.8. The van der Waals surface area contributed by atoms with Crippen LogP contribution in [-0.2, 0) is 18.9 Å². The van der Waals surface area contributed by atoms with Crippen LogP contribution in [0.3, 0.4) is 0 Å². The van der Waals surface area contributed by atoms with E-state index >= 15 is 0 Å². The zero-order valence-corrected chi connectivity index (χ0v) is 15.4. The van der Waals surface area contributed by atoms with E-state index in [9.17, 15) is 14.4 Å².